The second kappa shape index (κ2) is 9.94. The van der Waals surface area contributed by atoms with E-state index in [2.05, 4.69) is 27.5 Å². The fourth-order valence-corrected chi connectivity index (χ4v) is 4.30. The number of tetrazole rings is 1. The lowest BCUT2D eigenvalue weighted by Crippen LogP contribution is -2.27. The van der Waals surface area contributed by atoms with Crippen molar-refractivity contribution < 1.29 is 4.39 Å². The molecule has 172 valence electrons. The molecule has 0 aliphatic rings. The Hall–Kier alpha value is -3.55. The fourth-order valence-electron chi connectivity index (χ4n) is 4.30. The molecule has 0 atom stereocenters. The largest absolute Gasteiger partial charge is 0.329 e. The number of imidazole rings is 1. The van der Waals surface area contributed by atoms with Crippen molar-refractivity contribution in [1.82, 2.24) is 29.8 Å². The number of benzene rings is 2. The quantitative estimate of drug-likeness (QED) is 0.393. The Balaban J connectivity index is 1.68. The molecule has 2 aromatic carbocycles. The summed E-state index contributed by atoms with van der Waals surface area (Å²) in [6.45, 7) is 5.72. The number of hydrogen-bond donors (Lipinski definition) is 1. The van der Waals surface area contributed by atoms with Crippen molar-refractivity contribution in [3.63, 3.8) is 0 Å². The molecule has 0 amide bonds. The average Bonchev–Trinajstić information content (AvgIpc) is 3.45. The predicted molar refractivity (Wildman–Crippen MR) is 127 cm³/mol. The van der Waals surface area contributed by atoms with Crippen LogP contribution in [0.1, 0.15) is 56.6 Å². The van der Waals surface area contributed by atoms with Crippen LogP contribution in [0.2, 0.25) is 0 Å². The van der Waals surface area contributed by atoms with Crippen molar-refractivity contribution in [2.75, 3.05) is 0 Å². The number of unbranched alkanes of at least 4 members (excludes halogenated alkanes) is 1. The van der Waals surface area contributed by atoms with Gasteiger partial charge in [0.25, 0.3) is 0 Å². The van der Waals surface area contributed by atoms with Crippen LogP contribution >= 0.6 is 0 Å². The van der Waals surface area contributed by atoms with Crippen molar-refractivity contribution in [2.45, 2.75) is 59.3 Å². The van der Waals surface area contributed by atoms with E-state index in [1.54, 1.807) is 9.13 Å². The lowest BCUT2D eigenvalue weighted by molar-refractivity contribution is 0.436. The monoisotopic (exact) mass is 448 g/mol. The Morgan fingerprint density at radius 3 is 2.36 bits per heavy atom. The number of rotatable bonds is 9. The van der Waals surface area contributed by atoms with Gasteiger partial charge in [-0.25, -0.2) is 14.3 Å². The molecule has 0 bridgehead atoms. The normalized spacial score (nSPS) is 11.4. The van der Waals surface area contributed by atoms with E-state index in [-0.39, 0.29) is 11.7 Å². The first-order chi connectivity index (χ1) is 16.0. The van der Waals surface area contributed by atoms with Gasteiger partial charge in [-0.3, -0.25) is 9.13 Å². The molecule has 0 unspecified atom stereocenters. The summed E-state index contributed by atoms with van der Waals surface area (Å²) in [5, 5.41) is 14.2. The van der Waals surface area contributed by atoms with Gasteiger partial charge in [0.05, 0.1) is 12.2 Å². The topological polar surface area (TPSA) is 81.4 Å². The van der Waals surface area contributed by atoms with Crippen LogP contribution in [0.5, 0.6) is 0 Å². The zero-order valence-corrected chi connectivity index (χ0v) is 19.3. The number of nitrogens with one attached hydrogen (secondary N) is 1. The van der Waals surface area contributed by atoms with Crippen molar-refractivity contribution in [3.05, 3.63) is 76.0 Å². The van der Waals surface area contributed by atoms with Crippen LogP contribution in [-0.4, -0.2) is 29.8 Å². The maximum absolute atomic E-state index is 14.0. The third-order valence-corrected chi connectivity index (χ3v) is 5.93. The van der Waals surface area contributed by atoms with Crippen molar-refractivity contribution >= 4 is 0 Å². The lowest BCUT2D eigenvalue weighted by Gasteiger charge is -2.11. The summed E-state index contributed by atoms with van der Waals surface area (Å²) < 4.78 is 17.3. The van der Waals surface area contributed by atoms with E-state index in [1.165, 1.54) is 0 Å². The van der Waals surface area contributed by atoms with Crippen LogP contribution in [0, 0.1) is 0 Å². The number of hydrogen-bond acceptors (Lipinski definition) is 4. The standard InChI is InChI=1S/C25H29FN6O/c1-4-5-10-22-23(15-26)32(17(2)3)25(33)31(22)16-18-11-13-19(14-12-18)20-8-6-7-9-21(20)24-27-29-30-28-24/h6-9,11-14,17H,4-5,10,15-16H2,1-3H3,(H,27,28,29,30). The number of aromatic nitrogens is 6. The molecule has 0 saturated heterocycles. The summed E-state index contributed by atoms with van der Waals surface area (Å²) in [4.78, 5) is 13.2. The van der Waals surface area contributed by atoms with Crippen LogP contribution in [0.4, 0.5) is 4.39 Å². The van der Waals surface area contributed by atoms with E-state index in [0.29, 0.717) is 24.5 Å². The predicted octanol–water partition coefficient (Wildman–Crippen LogP) is 4.94. The third-order valence-electron chi connectivity index (χ3n) is 5.93. The van der Waals surface area contributed by atoms with Crippen molar-refractivity contribution in [1.29, 1.82) is 0 Å². The van der Waals surface area contributed by atoms with Gasteiger partial charge in [-0.05, 0) is 53.8 Å². The van der Waals surface area contributed by atoms with Gasteiger partial charge in [0.2, 0.25) is 0 Å². The number of alkyl halides is 1. The molecule has 1 N–H and O–H groups in total. The minimum absolute atomic E-state index is 0.0886. The SMILES string of the molecule is CCCCc1c(CF)n(C(C)C)c(=O)n1Cc1ccc(-c2ccccc2-c2nnn[nH]2)cc1. The van der Waals surface area contributed by atoms with E-state index in [0.717, 1.165) is 40.8 Å². The minimum atomic E-state index is -0.633. The molecule has 4 rings (SSSR count). The molecule has 8 heteroatoms. The molecule has 0 fully saturated rings. The molecule has 0 aliphatic heterocycles. The first-order valence-corrected chi connectivity index (χ1v) is 11.4. The molecule has 2 heterocycles. The van der Waals surface area contributed by atoms with E-state index < -0.39 is 6.67 Å². The van der Waals surface area contributed by atoms with Crippen LogP contribution in [0.25, 0.3) is 22.5 Å². The van der Waals surface area contributed by atoms with Gasteiger partial charge in [-0.1, -0.05) is 61.9 Å². The molecule has 0 saturated carbocycles. The summed E-state index contributed by atoms with van der Waals surface area (Å²) >= 11 is 0. The molecule has 0 spiro atoms. The van der Waals surface area contributed by atoms with E-state index in [9.17, 15) is 9.18 Å². The van der Waals surface area contributed by atoms with E-state index in [1.807, 2.05) is 62.4 Å². The van der Waals surface area contributed by atoms with Crippen LogP contribution in [0.3, 0.4) is 0 Å². The highest BCUT2D eigenvalue weighted by atomic mass is 19.1. The first kappa shape index (κ1) is 22.6. The zero-order valence-electron chi connectivity index (χ0n) is 19.3. The number of H-pyrrole nitrogens is 1. The summed E-state index contributed by atoms with van der Waals surface area (Å²) in [5.74, 6) is 0.607. The Bertz CT molecular complexity index is 1260. The zero-order chi connectivity index (χ0) is 23.4. The summed E-state index contributed by atoms with van der Waals surface area (Å²) in [6, 6.07) is 15.9. The van der Waals surface area contributed by atoms with Crippen LogP contribution in [-0.2, 0) is 19.6 Å². The van der Waals surface area contributed by atoms with Gasteiger partial charge in [0.1, 0.15) is 6.67 Å². The highest BCUT2D eigenvalue weighted by molar-refractivity contribution is 5.80. The van der Waals surface area contributed by atoms with E-state index >= 15 is 0 Å². The van der Waals surface area contributed by atoms with Crippen LogP contribution < -0.4 is 5.69 Å². The fraction of sp³-hybridized carbons (Fsp3) is 0.360. The Morgan fingerprint density at radius 1 is 1.03 bits per heavy atom. The number of nitrogens with zero attached hydrogens (tertiary/aromatic N) is 5. The van der Waals surface area contributed by atoms with E-state index in [4.69, 9.17) is 0 Å². The molecular weight excluding hydrogens is 419 g/mol. The summed E-state index contributed by atoms with van der Waals surface area (Å²) in [5.41, 5.74) is 5.11. The molecule has 0 aliphatic carbocycles. The highest BCUT2D eigenvalue weighted by Crippen LogP contribution is 2.30. The maximum Gasteiger partial charge on any atom is 0.329 e. The molecular formula is C25H29FN6O. The Kier molecular flexibility index (Phi) is 6.82. The summed E-state index contributed by atoms with van der Waals surface area (Å²) in [6.07, 6.45) is 2.60. The Morgan fingerprint density at radius 2 is 1.76 bits per heavy atom. The van der Waals surface area contributed by atoms with Gasteiger partial charge in [-0.15, -0.1) is 5.10 Å². The van der Waals surface area contributed by atoms with Crippen molar-refractivity contribution in [2.24, 2.45) is 0 Å². The number of aromatic amines is 1. The van der Waals surface area contributed by atoms with Gasteiger partial charge >= 0.3 is 5.69 Å². The smallest absolute Gasteiger partial charge is 0.292 e. The lowest BCUT2D eigenvalue weighted by atomic mass is 9.98. The average molecular weight is 449 g/mol. The highest BCUT2D eigenvalue weighted by Gasteiger charge is 2.21. The minimum Gasteiger partial charge on any atom is -0.292 e. The Labute approximate surface area is 192 Å². The van der Waals surface area contributed by atoms with Gasteiger partial charge < -0.3 is 0 Å². The third kappa shape index (κ3) is 4.51. The molecule has 7 nitrogen and oxygen atoms in total. The van der Waals surface area contributed by atoms with Crippen LogP contribution in [0.15, 0.2) is 53.3 Å². The van der Waals surface area contributed by atoms with Gasteiger partial charge in [0, 0.05) is 17.3 Å². The molecule has 33 heavy (non-hydrogen) atoms. The second-order valence-electron chi connectivity index (χ2n) is 8.46. The second-order valence-corrected chi connectivity index (χ2v) is 8.46. The van der Waals surface area contributed by atoms with Gasteiger partial charge in [-0.2, -0.15) is 0 Å². The molecule has 2 aromatic heterocycles. The molecule has 0 radical (unpaired) electrons. The van der Waals surface area contributed by atoms with Gasteiger partial charge in [0.15, 0.2) is 5.82 Å². The number of halogens is 1. The van der Waals surface area contributed by atoms with Crippen molar-refractivity contribution in [3.8, 4) is 22.5 Å². The maximum atomic E-state index is 14.0. The molecule has 4 aromatic rings. The first-order valence-electron chi connectivity index (χ1n) is 11.4. The summed E-state index contributed by atoms with van der Waals surface area (Å²) in [7, 11) is 0.